The number of hydrogen-bond acceptors (Lipinski definition) is 4. The van der Waals surface area contributed by atoms with E-state index in [2.05, 4.69) is 5.32 Å². The van der Waals surface area contributed by atoms with Crippen LogP contribution in [-0.4, -0.2) is 30.6 Å². The predicted molar refractivity (Wildman–Crippen MR) is 75.5 cm³/mol. The first-order valence-electron chi connectivity index (χ1n) is 6.64. The van der Waals surface area contributed by atoms with Gasteiger partial charge in [0, 0.05) is 0 Å². The van der Waals surface area contributed by atoms with Gasteiger partial charge in [0.05, 0.1) is 6.61 Å². The molecule has 0 radical (unpaired) electrons. The summed E-state index contributed by atoms with van der Waals surface area (Å²) in [5, 5.41) is 2.56. The highest BCUT2D eigenvalue weighted by Gasteiger charge is 2.21. The molecule has 2 atom stereocenters. The number of nitrogens with one attached hydrogen (secondary N) is 1. The summed E-state index contributed by atoms with van der Waals surface area (Å²) in [7, 11) is 0. The normalized spacial score (nSPS) is 13.2. The van der Waals surface area contributed by atoms with Crippen molar-refractivity contribution in [3.63, 3.8) is 0 Å². The highest BCUT2D eigenvalue weighted by Crippen LogP contribution is 2.14. The molecule has 5 heteroatoms. The molecule has 1 aromatic carbocycles. The molecule has 0 saturated heterocycles. The molecule has 0 fully saturated rings. The van der Waals surface area contributed by atoms with Crippen LogP contribution in [0.5, 0.6) is 5.75 Å². The van der Waals surface area contributed by atoms with Gasteiger partial charge in [-0.25, -0.2) is 4.79 Å². The van der Waals surface area contributed by atoms with Crippen LogP contribution in [0.2, 0.25) is 0 Å². The maximum absolute atomic E-state index is 11.9. The van der Waals surface area contributed by atoms with Gasteiger partial charge >= 0.3 is 5.97 Å². The summed E-state index contributed by atoms with van der Waals surface area (Å²) in [6.07, 6.45) is -0.686. The lowest BCUT2D eigenvalue weighted by atomic mass is 10.2. The van der Waals surface area contributed by atoms with Crippen LogP contribution >= 0.6 is 0 Å². The maximum Gasteiger partial charge on any atom is 0.328 e. The van der Waals surface area contributed by atoms with E-state index in [1.165, 1.54) is 0 Å². The van der Waals surface area contributed by atoms with Crippen molar-refractivity contribution in [1.29, 1.82) is 0 Å². The molecule has 1 rings (SSSR count). The van der Waals surface area contributed by atoms with Crippen molar-refractivity contribution < 1.29 is 19.1 Å². The molecule has 0 saturated carbocycles. The summed E-state index contributed by atoms with van der Waals surface area (Å²) < 4.78 is 10.4. The van der Waals surface area contributed by atoms with Crippen molar-refractivity contribution in [3.8, 4) is 5.75 Å². The zero-order chi connectivity index (χ0) is 15.1. The Labute approximate surface area is 119 Å². The molecular formula is C15H21NO4. The van der Waals surface area contributed by atoms with E-state index in [1.807, 2.05) is 25.1 Å². The second-order valence-electron chi connectivity index (χ2n) is 4.56. The Kier molecular flexibility index (Phi) is 6.03. The Morgan fingerprint density at radius 1 is 1.30 bits per heavy atom. The molecule has 1 amide bonds. The minimum Gasteiger partial charge on any atom is -0.481 e. The molecule has 0 spiro atoms. The average molecular weight is 279 g/mol. The van der Waals surface area contributed by atoms with Gasteiger partial charge in [-0.1, -0.05) is 12.1 Å². The van der Waals surface area contributed by atoms with Crippen LogP contribution in [0.15, 0.2) is 24.3 Å². The highest BCUT2D eigenvalue weighted by atomic mass is 16.5. The van der Waals surface area contributed by atoms with Crippen LogP contribution in [0.1, 0.15) is 26.3 Å². The largest absolute Gasteiger partial charge is 0.481 e. The Morgan fingerprint density at radius 3 is 2.60 bits per heavy atom. The van der Waals surface area contributed by atoms with Crippen molar-refractivity contribution in [1.82, 2.24) is 5.32 Å². The molecule has 5 nitrogen and oxygen atoms in total. The van der Waals surface area contributed by atoms with Crippen LogP contribution in [0.25, 0.3) is 0 Å². The molecule has 20 heavy (non-hydrogen) atoms. The van der Waals surface area contributed by atoms with E-state index in [0.717, 1.165) is 5.56 Å². The molecule has 0 aliphatic rings. The summed E-state index contributed by atoms with van der Waals surface area (Å²) in [5.41, 5.74) is 1.05. The lowest BCUT2D eigenvalue weighted by Crippen LogP contribution is -2.45. The van der Waals surface area contributed by atoms with Crippen molar-refractivity contribution in [3.05, 3.63) is 29.8 Å². The van der Waals surface area contributed by atoms with Crippen LogP contribution in [0, 0.1) is 6.92 Å². The van der Waals surface area contributed by atoms with Gasteiger partial charge < -0.3 is 14.8 Å². The summed E-state index contributed by atoms with van der Waals surface area (Å²) in [4.78, 5) is 23.3. The number of rotatable bonds is 6. The van der Waals surface area contributed by atoms with E-state index in [0.29, 0.717) is 5.75 Å². The van der Waals surface area contributed by atoms with Gasteiger partial charge in [-0.05, 0) is 45.4 Å². The summed E-state index contributed by atoms with van der Waals surface area (Å²) in [5.74, 6) is -0.188. The van der Waals surface area contributed by atoms with Crippen molar-refractivity contribution in [2.24, 2.45) is 0 Å². The first kappa shape index (κ1) is 16.0. The van der Waals surface area contributed by atoms with Crippen LogP contribution < -0.4 is 10.1 Å². The Morgan fingerprint density at radius 2 is 2.00 bits per heavy atom. The van der Waals surface area contributed by atoms with Gasteiger partial charge in [0.2, 0.25) is 0 Å². The SMILES string of the molecule is CCOC(=O)C(C)NC(=O)C(C)Oc1cccc(C)c1. The number of aryl methyl sites for hydroxylation is 1. The van der Waals surface area contributed by atoms with Gasteiger partial charge in [0.15, 0.2) is 6.10 Å². The Balaban J connectivity index is 2.53. The van der Waals surface area contributed by atoms with Gasteiger partial charge in [-0.3, -0.25) is 4.79 Å². The lowest BCUT2D eigenvalue weighted by Gasteiger charge is -2.18. The van der Waals surface area contributed by atoms with Gasteiger partial charge in [-0.2, -0.15) is 0 Å². The van der Waals surface area contributed by atoms with Gasteiger partial charge in [-0.15, -0.1) is 0 Å². The van der Waals surface area contributed by atoms with E-state index >= 15 is 0 Å². The molecule has 0 aromatic heterocycles. The van der Waals surface area contributed by atoms with Crippen LogP contribution in [0.3, 0.4) is 0 Å². The Bertz CT molecular complexity index is 473. The molecule has 0 aliphatic heterocycles. The van der Waals surface area contributed by atoms with Crippen molar-refractivity contribution in [2.45, 2.75) is 39.8 Å². The molecular weight excluding hydrogens is 258 g/mol. The van der Waals surface area contributed by atoms with E-state index in [9.17, 15) is 9.59 Å². The summed E-state index contributed by atoms with van der Waals surface area (Å²) >= 11 is 0. The molecule has 0 aliphatic carbocycles. The fraction of sp³-hybridized carbons (Fsp3) is 0.467. The van der Waals surface area contributed by atoms with E-state index in [-0.39, 0.29) is 12.5 Å². The maximum atomic E-state index is 11.9. The number of ether oxygens (including phenoxy) is 2. The Hall–Kier alpha value is -2.04. The fourth-order valence-corrected chi connectivity index (χ4v) is 1.60. The number of carbonyl (C=O) groups is 2. The molecule has 2 unspecified atom stereocenters. The molecule has 1 N–H and O–H groups in total. The fourth-order valence-electron chi connectivity index (χ4n) is 1.60. The lowest BCUT2D eigenvalue weighted by molar-refractivity contribution is -0.147. The third-order valence-electron chi connectivity index (χ3n) is 2.67. The van der Waals surface area contributed by atoms with E-state index < -0.39 is 18.1 Å². The smallest absolute Gasteiger partial charge is 0.328 e. The second kappa shape index (κ2) is 7.53. The predicted octanol–water partition coefficient (Wildman–Crippen LogP) is 1.83. The van der Waals surface area contributed by atoms with Crippen LogP contribution in [0.4, 0.5) is 0 Å². The monoisotopic (exact) mass is 279 g/mol. The van der Waals surface area contributed by atoms with Gasteiger partial charge in [0.1, 0.15) is 11.8 Å². The molecule has 110 valence electrons. The second-order valence-corrected chi connectivity index (χ2v) is 4.56. The molecule has 0 heterocycles. The zero-order valence-electron chi connectivity index (χ0n) is 12.3. The summed E-state index contributed by atoms with van der Waals surface area (Å²) in [6.45, 7) is 7.16. The number of carbonyl (C=O) groups excluding carboxylic acids is 2. The van der Waals surface area contributed by atoms with E-state index in [4.69, 9.17) is 9.47 Å². The molecule has 1 aromatic rings. The average Bonchev–Trinajstić information content (AvgIpc) is 2.38. The van der Waals surface area contributed by atoms with Crippen LogP contribution in [-0.2, 0) is 14.3 Å². The quantitative estimate of drug-likeness (QED) is 0.807. The number of amides is 1. The van der Waals surface area contributed by atoms with Crippen molar-refractivity contribution in [2.75, 3.05) is 6.61 Å². The zero-order valence-corrected chi connectivity index (χ0v) is 12.3. The summed E-state index contributed by atoms with van der Waals surface area (Å²) in [6, 6.07) is 6.74. The standard InChI is InChI=1S/C15H21NO4/c1-5-19-15(18)11(3)16-14(17)12(4)20-13-8-6-7-10(2)9-13/h6-9,11-12H,5H2,1-4H3,(H,16,17). The van der Waals surface area contributed by atoms with Crippen molar-refractivity contribution >= 4 is 11.9 Å². The van der Waals surface area contributed by atoms with Gasteiger partial charge in [0.25, 0.3) is 5.91 Å². The van der Waals surface area contributed by atoms with E-state index in [1.54, 1.807) is 26.8 Å². The number of hydrogen-bond donors (Lipinski definition) is 1. The third-order valence-corrected chi connectivity index (χ3v) is 2.67. The number of esters is 1. The topological polar surface area (TPSA) is 64.6 Å². The first-order valence-corrected chi connectivity index (χ1v) is 6.64. The molecule has 0 bridgehead atoms. The first-order chi connectivity index (χ1) is 9.43. The number of benzene rings is 1. The minimum absolute atomic E-state index is 0.286. The highest BCUT2D eigenvalue weighted by molar-refractivity contribution is 5.86. The third kappa shape index (κ3) is 4.91. The minimum atomic E-state index is -0.689.